The molecule has 1 unspecified atom stereocenters. The fourth-order valence-electron chi connectivity index (χ4n) is 5.75. The minimum atomic E-state index is -0.515. The van der Waals surface area contributed by atoms with Crippen LogP contribution >= 0.6 is 15.9 Å². The number of rotatable bonds is 3. The van der Waals surface area contributed by atoms with Gasteiger partial charge in [-0.25, -0.2) is 4.79 Å². The van der Waals surface area contributed by atoms with Crippen LogP contribution in [-0.2, 0) is 22.4 Å². The van der Waals surface area contributed by atoms with Crippen LogP contribution in [0.15, 0.2) is 41.0 Å². The average molecular weight is 526 g/mol. The smallest absolute Gasteiger partial charge is 0.410 e. The predicted octanol–water partition coefficient (Wildman–Crippen LogP) is 5.08. The molecular weight excluding hydrogens is 494 g/mol. The van der Waals surface area contributed by atoms with Gasteiger partial charge in [0.2, 0.25) is 0 Å². The largest absolute Gasteiger partial charge is 0.446 e. The van der Waals surface area contributed by atoms with E-state index in [0.717, 1.165) is 48.7 Å². The lowest BCUT2D eigenvalue weighted by Gasteiger charge is -2.43. The molecule has 1 aromatic carbocycles. The van der Waals surface area contributed by atoms with Crippen LogP contribution in [0.3, 0.4) is 0 Å². The Labute approximate surface area is 209 Å². The van der Waals surface area contributed by atoms with E-state index in [0.29, 0.717) is 19.6 Å². The van der Waals surface area contributed by atoms with Crippen LogP contribution in [0, 0.1) is 0 Å². The van der Waals surface area contributed by atoms with Gasteiger partial charge in [0.15, 0.2) is 5.78 Å². The molecule has 2 fully saturated rings. The van der Waals surface area contributed by atoms with Crippen LogP contribution in [0.25, 0.3) is 0 Å². The summed E-state index contributed by atoms with van der Waals surface area (Å²) >= 11 is 3.58. The number of pyridine rings is 1. The summed E-state index contributed by atoms with van der Waals surface area (Å²) < 4.78 is 6.82. The van der Waals surface area contributed by atoms with Gasteiger partial charge < -0.3 is 4.74 Å². The predicted molar refractivity (Wildman–Crippen MR) is 134 cm³/mol. The number of ether oxygens (including phenoxy) is 1. The van der Waals surface area contributed by atoms with Gasteiger partial charge in [0.25, 0.3) is 0 Å². The molecular formula is C27H32BrN3O3. The number of halogens is 1. The van der Waals surface area contributed by atoms with Gasteiger partial charge in [0.1, 0.15) is 12.1 Å². The summed E-state index contributed by atoms with van der Waals surface area (Å²) in [5.74, 6) is -0.00353. The summed E-state index contributed by atoms with van der Waals surface area (Å²) in [5.41, 5.74) is 4.85. The van der Waals surface area contributed by atoms with Crippen LogP contribution in [0.1, 0.15) is 67.5 Å². The van der Waals surface area contributed by atoms with Crippen molar-refractivity contribution in [3.05, 3.63) is 63.4 Å². The molecule has 2 heterocycles. The number of hydrogen-bond donors (Lipinski definition) is 0. The van der Waals surface area contributed by atoms with Crippen molar-refractivity contribution in [1.29, 1.82) is 0 Å². The number of hydrogen-bond acceptors (Lipinski definition) is 5. The molecule has 2 atom stereocenters. The number of ketones is 1. The topological polar surface area (TPSA) is 62.7 Å². The second-order valence-electron chi connectivity index (χ2n) is 9.76. The quantitative estimate of drug-likeness (QED) is 0.559. The minimum Gasteiger partial charge on any atom is -0.446 e. The number of amides is 1. The fourth-order valence-corrected chi connectivity index (χ4v) is 6.13. The van der Waals surface area contributed by atoms with Crippen LogP contribution < -0.4 is 0 Å². The van der Waals surface area contributed by atoms with E-state index in [4.69, 9.17) is 9.72 Å². The van der Waals surface area contributed by atoms with E-state index in [2.05, 4.69) is 51.2 Å². The number of nitrogens with zero attached hydrogens (tertiary/aromatic N) is 3. The second-order valence-corrected chi connectivity index (χ2v) is 10.7. The first-order valence-electron chi connectivity index (χ1n) is 12.4. The highest BCUT2D eigenvalue weighted by Gasteiger charge is 2.40. The van der Waals surface area contributed by atoms with Crippen molar-refractivity contribution in [2.75, 3.05) is 19.6 Å². The van der Waals surface area contributed by atoms with E-state index in [1.807, 2.05) is 6.20 Å². The highest BCUT2D eigenvalue weighted by Crippen LogP contribution is 2.37. The second kappa shape index (κ2) is 10.2. The summed E-state index contributed by atoms with van der Waals surface area (Å²) in [6.45, 7) is 3.20. The molecule has 7 heteroatoms. The van der Waals surface area contributed by atoms with Gasteiger partial charge in [-0.1, -0.05) is 30.7 Å². The molecule has 0 radical (unpaired) electrons. The molecule has 2 aromatic rings. The van der Waals surface area contributed by atoms with E-state index in [1.165, 1.54) is 23.1 Å². The lowest BCUT2D eigenvalue weighted by atomic mass is 9.95. The molecule has 1 saturated carbocycles. The summed E-state index contributed by atoms with van der Waals surface area (Å²) in [6, 6.07) is 10.2. The van der Waals surface area contributed by atoms with Crippen molar-refractivity contribution in [1.82, 2.24) is 14.8 Å². The first-order chi connectivity index (χ1) is 16.5. The Kier molecular flexibility index (Phi) is 7.02. The molecule has 0 N–H and O–H groups in total. The molecule has 3 aliphatic rings. The van der Waals surface area contributed by atoms with E-state index in [9.17, 15) is 9.59 Å². The van der Waals surface area contributed by atoms with Gasteiger partial charge in [0, 0.05) is 30.3 Å². The number of fused-ring (bicyclic) bond motifs is 2. The molecule has 0 spiro atoms. The van der Waals surface area contributed by atoms with E-state index < -0.39 is 6.04 Å². The lowest BCUT2D eigenvalue weighted by molar-refractivity contribution is -0.124. The Bertz CT molecular complexity index is 1070. The molecule has 2 aliphatic carbocycles. The van der Waals surface area contributed by atoms with Crippen LogP contribution in [0.4, 0.5) is 4.79 Å². The maximum Gasteiger partial charge on any atom is 0.410 e. The number of aromatic nitrogens is 1. The zero-order valence-corrected chi connectivity index (χ0v) is 21.3. The molecule has 5 rings (SSSR count). The lowest BCUT2D eigenvalue weighted by Crippen LogP contribution is -2.59. The number of carbonyl (C=O) groups is 2. The third kappa shape index (κ3) is 4.78. The Morgan fingerprint density at radius 1 is 1.06 bits per heavy atom. The molecule has 1 saturated heterocycles. The fraction of sp³-hybridized carbons (Fsp3) is 0.519. The highest BCUT2D eigenvalue weighted by atomic mass is 79.9. The van der Waals surface area contributed by atoms with E-state index >= 15 is 0 Å². The van der Waals surface area contributed by atoms with Gasteiger partial charge in [-0.2, -0.15) is 0 Å². The van der Waals surface area contributed by atoms with Gasteiger partial charge in [-0.15, -0.1) is 0 Å². The molecule has 6 nitrogen and oxygen atoms in total. The Hall–Kier alpha value is -2.25. The molecule has 34 heavy (non-hydrogen) atoms. The highest BCUT2D eigenvalue weighted by molar-refractivity contribution is 9.10. The average Bonchev–Trinajstić information content (AvgIpc) is 3.01. The summed E-state index contributed by atoms with van der Waals surface area (Å²) in [6.07, 6.45) is 8.65. The number of carbonyl (C=O) groups excluding carboxylic acids is 2. The third-order valence-electron chi connectivity index (χ3n) is 7.54. The first kappa shape index (κ1) is 23.5. The molecule has 180 valence electrons. The summed E-state index contributed by atoms with van der Waals surface area (Å²) in [7, 11) is 0. The van der Waals surface area contributed by atoms with Gasteiger partial charge in [0.05, 0.1) is 11.7 Å². The standard InChI is InChI=1S/C27H32BrN3O3/c1-18(32)24-17-30(13-14-31(24)27(33)34-22-8-3-2-4-9-22)26-23-10-6-5-7-19(23)11-12-20-15-21(28)16-29-25(20)26/h5-7,10,15-16,22,24,26H,2-4,8-9,11-14,17H2,1H3/t24-,26?/m1/s1. The molecule has 1 aliphatic heterocycles. The molecule has 1 amide bonds. The maximum absolute atomic E-state index is 13.1. The number of aryl methyl sites for hydroxylation is 2. The monoisotopic (exact) mass is 525 g/mol. The van der Waals surface area contributed by atoms with Crippen LogP contribution in [-0.4, -0.2) is 58.4 Å². The first-order valence-corrected chi connectivity index (χ1v) is 13.2. The number of Topliss-reactive ketones (excluding diaryl/α,β-unsaturated/α-hetero) is 1. The van der Waals surface area contributed by atoms with Crippen LogP contribution in [0.5, 0.6) is 0 Å². The zero-order chi connectivity index (χ0) is 23.7. The Balaban J connectivity index is 1.42. The van der Waals surface area contributed by atoms with Crippen LogP contribution in [0.2, 0.25) is 0 Å². The number of benzene rings is 1. The Morgan fingerprint density at radius 2 is 1.82 bits per heavy atom. The van der Waals surface area contributed by atoms with Crippen molar-refractivity contribution in [3.8, 4) is 0 Å². The maximum atomic E-state index is 13.1. The zero-order valence-electron chi connectivity index (χ0n) is 19.7. The molecule has 1 aromatic heterocycles. The SMILES string of the molecule is CC(=O)[C@H]1CN(C2c3ccccc3CCc3cc(Br)cnc32)CCN1C(=O)OC1CCCCC1. The minimum absolute atomic E-state index is 0.00353. The van der Waals surface area contributed by atoms with E-state index in [-0.39, 0.29) is 24.0 Å². The summed E-state index contributed by atoms with van der Waals surface area (Å²) in [4.78, 5) is 34.7. The van der Waals surface area contributed by atoms with Crippen molar-refractivity contribution >= 4 is 27.8 Å². The van der Waals surface area contributed by atoms with Crippen molar-refractivity contribution < 1.29 is 14.3 Å². The van der Waals surface area contributed by atoms with Gasteiger partial charge in [-0.3, -0.25) is 19.6 Å². The van der Waals surface area contributed by atoms with Gasteiger partial charge in [-0.05, 0) is 84.1 Å². The van der Waals surface area contributed by atoms with Crippen molar-refractivity contribution in [3.63, 3.8) is 0 Å². The summed E-state index contributed by atoms with van der Waals surface area (Å²) in [5, 5.41) is 0. The third-order valence-corrected chi connectivity index (χ3v) is 7.97. The van der Waals surface area contributed by atoms with Crippen molar-refractivity contribution in [2.24, 2.45) is 0 Å². The number of piperazine rings is 1. The van der Waals surface area contributed by atoms with Crippen molar-refractivity contribution in [2.45, 2.75) is 70.1 Å². The van der Waals surface area contributed by atoms with Gasteiger partial charge >= 0.3 is 6.09 Å². The Morgan fingerprint density at radius 3 is 2.62 bits per heavy atom. The van der Waals surface area contributed by atoms with E-state index in [1.54, 1.807) is 11.8 Å². The molecule has 0 bridgehead atoms. The normalized spacial score (nSPS) is 23.5.